The number of hydrogen-bond acceptors (Lipinski definition) is 0. The summed E-state index contributed by atoms with van der Waals surface area (Å²) in [6, 6.07) is 39.0. The van der Waals surface area contributed by atoms with Gasteiger partial charge >= 0.3 is 0 Å². The molecule has 3 atom stereocenters. The van der Waals surface area contributed by atoms with Crippen molar-refractivity contribution in [2.75, 3.05) is 0 Å². The van der Waals surface area contributed by atoms with Gasteiger partial charge in [-0.1, -0.05) is 84.9 Å². The van der Waals surface area contributed by atoms with E-state index in [1.807, 2.05) is 0 Å². The van der Waals surface area contributed by atoms with Crippen LogP contribution >= 0.6 is 0 Å². The Bertz CT molecular complexity index is 1850. The van der Waals surface area contributed by atoms with E-state index in [-0.39, 0.29) is 5.41 Å². The van der Waals surface area contributed by atoms with E-state index >= 15 is 0 Å². The average molecular weight is 456 g/mol. The van der Waals surface area contributed by atoms with Crippen molar-refractivity contribution in [3.8, 4) is 0 Å². The zero-order valence-electron chi connectivity index (χ0n) is 19.8. The van der Waals surface area contributed by atoms with E-state index in [2.05, 4.69) is 127 Å². The van der Waals surface area contributed by atoms with Gasteiger partial charge in [0.05, 0.1) is 16.9 Å². The van der Waals surface area contributed by atoms with Crippen molar-refractivity contribution < 1.29 is 0 Å². The first-order chi connectivity index (χ1) is 17.9. The predicted molar refractivity (Wildman–Crippen MR) is 146 cm³/mol. The van der Waals surface area contributed by atoms with Crippen molar-refractivity contribution in [1.82, 2.24) is 0 Å². The van der Waals surface area contributed by atoms with Crippen LogP contribution in [0.3, 0.4) is 0 Å². The molecule has 0 heteroatoms. The highest BCUT2D eigenvalue weighted by Gasteiger charge is 2.65. The number of benzene rings is 4. The van der Waals surface area contributed by atoms with Gasteiger partial charge in [-0.2, -0.15) is 0 Å². The SMILES string of the molecule is C1=CC2=C3c4ccccc4[C@]4(c5ccccc5)c5ccccc5C5=c6ccccc6=C([C+]2C=C1)C5C34. The minimum Gasteiger partial charge on any atom is -0.0622 e. The van der Waals surface area contributed by atoms with Gasteiger partial charge in [0.2, 0.25) is 0 Å². The lowest BCUT2D eigenvalue weighted by molar-refractivity contribution is 0.420. The largest absolute Gasteiger partial charge is 0.0844 e. The molecule has 5 aliphatic rings. The Kier molecular flexibility index (Phi) is 3.41. The van der Waals surface area contributed by atoms with Crippen LogP contribution in [0.2, 0.25) is 0 Å². The first-order valence-electron chi connectivity index (χ1n) is 13.0. The van der Waals surface area contributed by atoms with Crippen LogP contribution in [-0.2, 0) is 5.41 Å². The smallest absolute Gasteiger partial charge is 0.0622 e. The number of fused-ring (bicyclic) bond motifs is 9. The van der Waals surface area contributed by atoms with Gasteiger partial charge in [0.25, 0.3) is 0 Å². The van der Waals surface area contributed by atoms with Crippen LogP contribution in [0.4, 0.5) is 0 Å². The van der Waals surface area contributed by atoms with Crippen molar-refractivity contribution in [2.24, 2.45) is 11.8 Å². The minimum atomic E-state index is -0.223. The molecule has 0 saturated carbocycles. The number of allylic oxidation sites excluding steroid dienone is 6. The Labute approximate surface area is 211 Å². The second-order valence-electron chi connectivity index (χ2n) is 10.6. The molecule has 4 aromatic carbocycles. The summed E-state index contributed by atoms with van der Waals surface area (Å²) in [5, 5.41) is 2.83. The molecule has 5 aliphatic carbocycles. The maximum atomic E-state index is 2.41. The average Bonchev–Trinajstić information content (AvgIpc) is 3.46. The molecule has 0 heterocycles. The molecule has 2 unspecified atom stereocenters. The van der Waals surface area contributed by atoms with Gasteiger partial charge in [-0.05, 0) is 52.1 Å². The van der Waals surface area contributed by atoms with Gasteiger partial charge in [-0.15, -0.1) is 0 Å². The molecule has 0 aromatic heterocycles. The summed E-state index contributed by atoms with van der Waals surface area (Å²) in [5.41, 5.74) is 12.9. The Hall–Kier alpha value is -4.29. The maximum Gasteiger partial charge on any atom is 0.0844 e. The molecule has 0 bridgehead atoms. The molecule has 0 N–H and O–H groups in total. The second kappa shape index (κ2) is 6.47. The molecular formula is C36H23+. The lowest BCUT2D eigenvalue weighted by Gasteiger charge is -2.48. The predicted octanol–water partition coefficient (Wildman–Crippen LogP) is 6.11. The maximum absolute atomic E-state index is 2.41. The highest BCUT2D eigenvalue weighted by atomic mass is 14.6. The lowest BCUT2D eigenvalue weighted by Crippen LogP contribution is -2.45. The summed E-state index contributed by atoms with van der Waals surface area (Å²) in [4.78, 5) is 0. The summed E-state index contributed by atoms with van der Waals surface area (Å²) in [6.07, 6.45) is 9.17. The molecule has 0 radical (unpaired) electrons. The Morgan fingerprint density at radius 1 is 0.583 bits per heavy atom. The van der Waals surface area contributed by atoms with Crippen molar-refractivity contribution in [1.29, 1.82) is 0 Å². The van der Waals surface area contributed by atoms with Gasteiger partial charge in [-0.25, -0.2) is 0 Å². The van der Waals surface area contributed by atoms with E-state index in [9.17, 15) is 0 Å². The van der Waals surface area contributed by atoms with Crippen molar-refractivity contribution in [3.63, 3.8) is 0 Å². The van der Waals surface area contributed by atoms with E-state index in [1.54, 1.807) is 0 Å². The lowest BCUT2D eigenvalue weighted by atomic mass is 9.50. The van der Waals surface area contributed by atoms with Crippen LogP contribution in [0.1, 0.15) is 27.8 Å². The third-order valence-electron chi connectivity index (χ3n) is 9.26. The highest BCUT2D eigenvalue weighted by molar-refractivity contribution is 6.04. The van der Waals surface area contributed by atoms with Crippen molar-refractivity contribution in [2.45, 2.75) is 5.41 Å². The van der Waals surface area contributed by atoms with Crippen LogP contribution in [0.15, 0.2) is 133 Å². The summed E-state index contributed by atoms with van der Waals surface area (Å²) >= 11 is 0. The zero-order chi connectivity index (χ0) is 23.4. The summed E-state index contributed by atoms with van der Waals surface area (Å²) in [5.74, 6) is 2.06. The van der Waals surface area contributed by atoms with Crippen LogP contribution in [0.25, 0.3) is 16.7 Å². The van der Waals surface area contributed by atoms with E-state index in [0.29, 0.717) is 11.8 Å². The van der Waals surface area contributed by atoms with Crippen LogP contribution in [0.5, 0.6) is 0 Å². The second-order valence-corrected chi connectivity index (χ2v) is 10.6. The number of rotatable bonds is 1. The fraction of sp³-hybridized carbons (Fsp3) is 0.0833. The molecule has 0 saturated heterocycles. The van der Waals surface area contributed by atoms with Gasteiger partial charge < -0.3 is 0 Å². The minimum absolute atomic E-state index is 0.223. The van der Waals surface area contributed by atoms with E-state index in [4.69, 9.17) is 0 Å². The molecule has 0 fully saturated rings. The summed E-state index contributed by atoms with van der Waals surface area (Å²) in [7, 11) is 0. The molecular weight excluding hydrogens is 432 g/mol. The zero-order valence-corrected chi connectivity index (χ0v) is 19.8. The molecule has 0 spiro atoms. The normalized spacial score (nSPS) is 25.4. The third-order valence-corrected chi connectivity index (χ3v) is 9.26. The van der Waals surface area contributed by atoms with Crippen molar-refractivity contribution in [3.05, 3.63) is 177 Å². The molecule has 0 nitrogen and oxygen atoms in total. The fourth-order valence-electron chi connectivity index (χ4n) is 8.25. The van der Waals surface area contributed by atoms with Gasteiger partial charge in [0.15, 0.2) is 0 Å². The molecule has 4 aromatic rings. The van der Waals surface area contributed by atoms with Crippen LogP contribution in [0, 0.1) is 17.8 Å². The fourth-order valence-corrected chi connectivity index (χ4v) is 8.25. The van der Waals surface area contributed by atoms with Gasteiger partial charge in [0, 0.05) is 57.2 Å². The van der Waals surface area contributed by atoms with Crippen LogP contribution < -0.4 is 10.4 Å². The third kappa shape index (κ3) is 1.96. The topological polar surface area (TPSA) is 0 Å². The standard InChI is InChI=1S/C36H23/c1-2-12-22(13-3-1)36-29-20-10-8-18-27(29)32-24-15-5-4-14-23(24)31-25-16-6-7-17-26(25)33(35(36)34(31)32)28-19-9-11-21-30(28)36/h1-21,34-35H/q+1/t34?,35?,36-/m0/s1. The molecule has 0 aliphatic heterocycles. The monoisotopic (exact) mass is 455 g/mol. The Morgan fingerprint density at radius 2 is 1.22 bits per heavy atom. The molecule has 0 amide bonds. The quantitative estimate of drug-likeness (QED) is 0.304. The van der Waals surface area contributed by atoms with E-state index in [1.165, 1.54) is 66.5 Å². The molecule has 36 heavy (non-hydrogen) atoms. The van der Waals surface area contributed by atoms with Gasteiger partial charge in [-0.3, -0.25) is 0 Å². The highest BCUT2D eigenvalue weighted by Crippen LogP contribution is 2.70. The summed E-state index contributed by atoms with van der Waals surface area (Å²) < 4.78 is 0. The van der Waals surface area contributed by atoms with E-state index in [0.717, 1.165) is 0 Å². The van der Waals surface area contributed by atoms with E-state index < -0.39 is 0 Å². The molecule has 166 valence electrons. The first-order valence-corrected chi connectivity index (χ1v) is 13.0. The Morgan fingerprint density at radius 3 is 2.00 bits per heavy atom. The Balaban J connectivity index is 1.58. The number of hydrogen-bond donors (Lipinski definition) is 0. The molecule has 9 rings (SSSR count). The van der Waals surface area contributed by atoms with Crippen molar-refractivity contribution >= 4 is 16.7 Å². The summed E-state index contributed by atoms with van der Waals surface area (Å²) in [6.45, 7) is 0. The first kappa shape index (κ1) is 19.0. The van der Waals surface area contributed by atoms with Crippen LogP contribution in [-0.4, -0.2) is 0 Å². The van der Waals surface area contributed by atoms with Gasteiger partial charge in [0.1, 0.15) is 0 Å².